The van der Waals surface area contributed by atoms with Crippen LogP contribution in [0, 0.1) is 0 Å². The molecule has 0 bridgehead atoms. The van der Waals surface area contributed by atoms with Gasteiger partial charge in [-0.2, -0.15) is 0 Å². The second-order valence-electron chi connectivity index (χ2n) is 3.84. The van der Waals surface area contributed by atoms with Gasteiger partial charge in [-0.05, 0) is 24.3 Å². The van der Waals surface area contributed by atoms with E-state index >= 15 is 0 Å². The Hall–Kier alpha value is -1.99. The molecule has 0 aliphatic heterocycles. The Bertz CT molecular complexity index is 658. The minimum Gasteiger partial charge on any atom is -0.325 e. The molecule has 0 fully saturated rings. The Labute approximate surface area is 112 Å². The number of aromatic nitrogens is 2. The van der Waals surface area contributed by atoms with E-state index in [4.69, 9.17) is 5.73 Å². The van der Waals surface area contributed by atoms with Gasteiger partial charge in [0.1, 0.15) is 4.90 Å². The second kappa shape index (κ2) is 5.33. The average Bonchev–Trinajstić information content (AvgIpc) is 2.47. The predicted molar refractivity (Wildman–Crippen MR) is 72.0 cm³/mol. The standard InChI is InChI=1S/C12H14N4O2S/c1-16(10-4-2-6-14-9-10)19(17,18)12-5-3-7-15-11(12)8-13/h2-7,9H,8,13H2,1H3. The van der Waals surface area contributed by atoms with Gasteiger partial charge in [-0.3, -0.25) is 14.3 Å². The minimum absolute atomic E-state index is 0.0658. The fraction of sp³-hybridized carbons (Fsp3) is 0.167. The molecule has 0 saturated heterocycles. The molecule has 2 aromatic heterocycles. The van der Waals surface area contributed by atoms with Crippen LogP contribution in [0.2, 0.25) is 0 Å². The van der Waals surface area contributed by atoms with Crippen molar-refractivity contribution in [2.75, 3.05) is 11.4 Å². The lowest BCUT2D eigenvalue weighted by Gasteiger charge is -2.20. The van der Waals surface area contributed by atoms with E-state index < -0.39 is 10.0 Å². The lowest BCUT2D eigenvalue weighted by Crippen LogP contribution is -2.28. The van der Waals surface area contributed by atoms with Crippen LogP contribution in [-0.4, -0.2) is 25.4 Å². The fourth-order valence-corrected chi connectivity index (χ4v) is 3.00. The summed E-state index contributed by atoms with van der Waals surface area (Å²) in [6.45, 7) is 0.0658. The quantitative estimate of drug-likeness (QED) is 0.892. The minimum atomic E-state index is -3.68. The summed E-state index contributed by atoms with van der Waals surface area (Å²) >= 11 is 0. The lowest BCUT2D eigenvalue weighted by atomic mass is 10.3. The van der Waals surface area contributed by atoms with Crippen LogP contribution in [-0.2, 0) is 16.6 Å². The molecule has 2 N–H and O–H groups in total. The number of rotatable bonds is 4. The highest BCUT2D eigenvalue weighted by atomic mass is 32.2. The molecule has 2 heterocycles. The summed E-state index contributed by atoms with van der Waals surface area (Å²) in [5, 5.41) is 0. The third kappa shape index (κ3) is 2.56. The molecular weight excluding hydrogens is 264 g/mol. The van der Waals surface area contributed by atoms with Crippen molar-refractivity contribution < 1.29 is 8.42 Å². The van der Waals surface area contributed by atoms with Crippen LogP contribution >= 0.6 is 0 Å². The Balaban J connectivity index is 2.48. The molecule has 0 radical (unpaired) electrons. The van der Waals surface area contributed by atoms with Gasteiger partial charge in [0.15, 0.2) is 0 Å². The van der Waals surface area contributed by atoms with Crippen molar-refractivity contribution >= 4 is 15.7 Å². The van der Waals surface area contributed by atoms with E-state index in [0.29, 0.717) is 11.4 Å². The second-order valence-corrected chi connectivity index (χ2v) is 5.77. The first-order chi connectivity index (χ1) is 9.07. The Morgan fingerprint density at radius 2 is 2.00 bits per heavy atom. The molecule has 0 unspecified atom stereocenters. The lowest BCUT2D eigenvalue weighted by molar-refractivity contribution is 0.592. The molecule has 19 heavy (non-hydrogen) atoms. The normalized spacial score (nSPS) is 11.3. The summed E-state index contributed by atoms with van der Waals surface area (Å²) in [5.74, 6) is 0. The SMILES string of the molecule is CN(c1cccnc1)S(=O)(=O)c1cccnc1CN. The number of pyridine rings is 2. The molecule has 0 aliphatic carbocycles. The van der Waals surface area contributed by atoms with E-state index in [1.54, 1.807) is 24.4 Å². The molecule has 0 aliphatic rings. The summed E-state index contributed by atoms with van der Waals surface area (Å²) < 4.78 is 26.2. The summed E-state index contributed by atoms with van der Waals surface area (Å²) in [5.41, 5.74) is 6.35. The zero-order valence-electron chi connectivity index (χ0n) is 10.4. The van der Waals surface area contributed by atoms with Crippen LogP contribution in [0.3, 0.4) is 0 Å². The van der Waals surface area contributed by atoms with E-state index in [1.165, 1.54) is 25.5 Å². The molecule has 6 nitrogen and oxygen atoms in total. The van der Waals surface area contributed by atoms with Gasteiger partial charge in [0.25, 0.3) is 10.0 Å². The highest BCUT2D eigenvalue weighted by molar-refractivity contribution is 7.92. The summed E-state index contributed by atoms with van der Waals surface area (Å²) in [4.78, 5) is 8.02. The third-order valence-electron chi connectivity index (χ3n) is 2.69. The van der Waals surface area contributed by atoms with Crippen LogP contribution in [0.4, 0.5) is 5.69 Å². The zero-order valence-corrected chi connectivity index (χ0v) is 11.2. The largest absolute Gasteiger partial charge is 0.325 e. The summed E-state index contributed by atoms with van der Waals surface area (Å²) in [7, 11) is -2.21. The van der Waals surface area contributed by atoms with E-state index in [1.807, 2.05) is 0 Å². The molecule has 7 heteroatoms. The molecule has 100 valence electrons. The highest BCUT2D eigenvalue weighted by Gasteiger charge is 2.24. The van der Waals surface area contributed by atoms with Crippen molar-refractivity contribution in [3.63, 3.8) is 0 Å². The molecule has 2 aromatic rings. The van der Waals surface area contributed by atoms with Gasteiger partial charge in [-0.25, -0.2) is 8.42 Å². The van der Waals surface area contributed by atoms with Crippen molar-refractivity contribution in [1.82, 2.24) is 9.97 Å². The van der Waals surface area contributed by atoms with Gasteiger partial charge >= 0.3 is 0 Å². The van der Waals surface area contributed by atoms with Crippen LogP contribution in [0.25, 0.3) is 0 Å². The van der Waals surface area contributed by atoms with Gasteiger partial charge in [-0.1, -0.05) is 0 Å². The van der Waals surface area contributed by atoms with Crippen molar-refractivity contribution in [3.05, 3.63) is 48.5 Å². The van der Waals surface area contributed by atoms with Gasteiger partial charge in [-0.15, -0.1) is 0 Å². The summed E-state index contributed by atoms with van der Waals surface area (Å²) in [6.07, 6.45) is 4.58. The molecular formula is C12H14N4O2S. The van der Waals surface area contributed by atoms with E-state index in [2.05, 4.69) is 9.97 Å². The van der Waals surface area contributed by atoms with Crippen molar-refractivity contribution in [1.29, 1.82) is 0 Å². The van der Waals surface area contributed by atoms with E-state index in [9.17, 15) is 8.42 Å². The number of hydrogen-bond acceptors (Lipinski definition) is 5. The molecule has 0 amide bonds. The maximum absolute atomic E-state index is 12.5. The average molecular weight is 278 g/mol. The first-order valence-electron chi connectivity index (χ1n) is 5.60. The molecule has 2 rings (SSSR count). The zero-order chi connectivity index (χ0) is 13.9. The monoisotopic (exact) mass is 278 g/mol. The third-order valence-corrected chi connectivity index (χ3v) is 4.55. The van der Waals surface area contributed by atoms with Crippen molar-refractivity contribution in [2.24, 2.45) is 5.73 Å². The highest BCUT2D eigenvalue weighted by Crippen LogP contribution is 2.22. The first-order valence-corrected chi connectivity index (χ1v) is 7.04. The number of sulfonamides is 1. The topological polar surface area (TPSA) is 89.2 Å². The van der Waals surface area contributed by atoms with Gasteiger partial charge < -0.3 is 5.73 Å². The van der Waals surface area contributed by atoms with Gasteiger partial charge in [0, 0.05) is 26.0 Å². The number of anilines is 1. The van der Waals surface area contributed by atoms with Crippen LogP contribution in [0.1, 0.15) is 5.69 Å². The molecule has 0 atom stereocenters. The van der Waals surface area contributed by atoms with Gasteiger partial charge in [0.05, 0.1) is 17.6 Å². The number of nitrogens with zero attached hydrogens (tertiary/aromatic N) is 3. The predicted octanol–water partition coefficient (Wildman–Crippen LogP) is 0.760. The maximum Gasteiger partial charge on any atom is 0.265 e. The fourth-order valence-electron chi connectivity index (χ4n) is 1.64. The van der Waals surface area contributed by atoms with Crippen LogP contribution in [0.15, 0.2) is 47.8 Å². The number of hydrogen-bond donors (Lipinski definition) is 1. The Morgan fingerprint density at radius 1 is 1.26 bits per heavy atom. The van der Waals surface area contributed by atoms with E-state index in [0.717, 1.165) is 4.31 Å². The van der Waals surface area contributed by atoms with E-state index in [-0.39, 0.29) is 11.4 Å². The van der Waals surface area contributed by atoms with Gasteiger partial charge in [0.2, 0.25) is 0 Å². The molecule has 0 aromatic carbocycles. The molecule has 0 saturated carbocycles. The smallest absolute Gasteiger partial charge is 0.265 e. The van der Waals surface area contributed by atoms with Crippen molar-refractivity contribution in [3.8, 4) is 0 Å². The first kappa shape index (κ1) is 13.4. The maximum atomic E-state index is 12.5. The number of nitrogens with two attached hydrogens (primary N) is 1. The Kier molecular flexibility index (Phi) is 3.77. The molecule has 0 spiro atoms. The van der Waals surface area contributed by atoms with Crippen LogP contribution < -0.4 is 10.0 Å². The van der Waals surface area contributed by atoms with Crippen molar-refractivity contribution in [2.45, 2.75) is 11.4 Å². The van der Waals surface area contributed by atoms with Crippen LogP contribution in [0.5, 0.6) is 0 Å². The summed E-state index contributed by atoms with van der Waals surface area (Å²) in [6, 6.07) is 6.41. The Morgan fingerprint density at radius 3 is 2.63 bits per heavy atom.